The van der Waals surface area contributed by atoms with Crippen molar-refractivity contribution in [3.63, 3.8) is 0 Å². The first-order valence-corrected chi connectivity index (χ1v) is 20.0. The SMILES string of the molecule is CCCCc1ccnc(-n2c3ccccc3c3ccc(Oc4cc(-n5nc(C)c(-c6c(C(C)(C)C)cccc6C(C)(C)C)c5C)cc(C(C)(C)C)c4)cc32)c1. The number of pyridine rings is 1. The van der Waals surface area contributed by atoms with Crippen LogP contribution >= 0.6 is 0 Å². The van der Waals surface area contributed by atoms with Crippen molar-refractivity contribution in [2.24, 2.45) is 0 Å². The molecule has 7 aromatic rings. The predicted octanol–water partition coefficient (Wildman–Crippen LogP) is 13.7. The molecule has 0 amide bonds. The highest BCUT2D eigenvalue weighted by Gasteiger charge is 2.30. The fourth-order valence-corrected chi connectivity index (χ4v) is 8.04. The molecule has 0 N–H and O–H groups in total. The summed E-state index contributed by atoms with van der Waals surface area (Å²) in [4.78, 5) is 4.88. The van der Waals surface area contributed by atoms with Crippen LogP contribution in [0.4, 0.5) is 0 Å². The van der Waals surface area contributed by atoms with Crippen molar-refractivity contribution in [3.05, 3.63) is 131 Å². The second-order valence-electron chi connectivity index (χ2n) is 18.4. The summed E-state index contributed by atoms with van der Waals surface area (Å²) in [7, 11) is 0. The number of unbranched alkanes of at least 4 members (excludes halogenated alkanes) is 1. The van der Waals surface area contributed by atoms with Gasteiger partial charge in [-0.2, -0.15) is 5.10 Å². The molecule has 0 aliphatic rings. The van der Waals surface area contributed by atoms with Crippen molar-refractivity contribution in [2.75, 3.05) is 0 Å². The van der Waals surface area contributed by atoms with Gasteiger partial charge in [-0.25, -0.2) is 9.67 Å². The molecular formula is C50H58N4O. The van der Waals surface area contributed by atoms with Crippen LogP contribution in [0.2, 0.25) is 0 Å². The van der Waals surface area contributed by atoms with Gasteiger partial charge in [-0.05, 0) is 113 Å². The molecule has 7 rings (SSSR count). The Kier molecular flexibility index (Phi) is 9.82. The maximum atomic E-state index is 6.86. The van der Waals surface area contributed by atoms with Gasteiger partial charge in [-0.15, -0.1) is 0 Å². The summed E-state index contributed by atoms with van der Waals surface area (Å²) in [5.74, 6) is 2.49. The van der Waals surface area contributed by atoms with Crippen LogP contribution in [0.5, 0.6) is 11.5 Å². The number of hydrogen-bond donors (Lipinski definition) is 0. The number of ether oxygens (including phenoxy) is 1. The average molecular weight is 731 g/mol. The zero-order chi connectivity index (χ0) is 39.4. The number of aromatic nitrogens is 4. The molecule has 0 spiro atoms. The number of nitrogens with zero attached hydrogens (tertiary/aromatic N) is 4. The Bertz CT molecular complexity index is 2490. The van der Waals surface area contributed by atoms with Gasteiger partial charge in [0.15, 0.2) is 0 Å². The normalized spacial score (nSPS) is 12.6. The molecule has 0 aliphatic carbocycles. The maximum absolute atomic E-state index is 6.86. The van der Waals surface area contributed by atoms with Crippen LogP contribution in [0.25, 0.3) is 44.4 Å². The van der Waals surface area contributed by atoms with Crippen molar-refractivity contribution in [1.82, 2.24) is 19.3 Å². The first kappa shape index (κ1) is 38.1. The number of fused-ring (bicyclic) bond motifs is 3. The Hall–Kier alpha value is -5.16. The van der Waals surface area contributed by atoms with Crippen molar-refractivity contribution in [2.45, 2.75) is 119 Å². The summed E-state index contributed by atoms with van der Waals surface area (Å²) in [6.07, 6.45) is 5.31. The van der Waals surface area contributed by atoms with Crippen LogP contribution in [-0.2, 0) is 22.7 Å². The van der Waals surface area contributed by atoms with Crippen molar-refractivity contribution in [3.8, 4) is 34.1 Å². The molecule has 5 nitrogen and oxygen atoms in total. The van der Waals surface area contributed by atoms with E-state index in [0.717, 1.165) is 64.7 Å². The van der Waals surface area contributed by atoms with Gasteiger partial charge >= 0.3 is 0 Å². The van der Waals surface area contributed by atoms with Crippen molar-refractivity contribution >= 4 is 21.8 Å². The van der Waals surface area contributed by atoms with E-state index in [-0.39, 0.29) is 16.2 Å². The van der Waals surface area contributed by atoms with Gasteiger partial charge in [0.05, 0.1) is 22.4 Å². The Morgan fingerprint density at radius 3 is 2.00 bits per heavy atom. The van der Waals surface area contributed by atoms with E-state index in [1.807, 2.05) is 6.20 Å². The van der Waals surface area contributed by atoms with E-state index < -0.39 is 0 Å². The van der Waals surface area contributed by atoms with Crippen LogP contribution < -0.4 is 4.74 Å². The van der Waals surface area contributed by atoms with Gasteiger partial charge in [0, 0.05) is 40.4 Å². The highest BCUT2D eigenvalue weighted by atomic mass is 16.5. The zero-order valence-electron chi connectivity index (χ0n) is 35.1. The molecule has 3 aromatic heterocycles. The van der Waals surface area contributed by atoms with E-state index in [4.69, 9.17) is 14.8 Å². The summed E-state index contributed by atoms with van der Waals surface area (Å²) >= 11 is 0. The Morgan fingerprint density at radius 2 is 1.33 bits per heavy atom. The molecule has 5 heteroatoms. The van der Waals surface area contributed by atoms with Crippen LogP contribution in [0.15, 0.2) is 97.2 Å². The number of para-hydroxylation sites is 1. The minimum absolute atomic E-state index is 0.0363. The van der Waals surface area contributed by atoms with Crippen LogP contribution in [0.1, 0.15) is 116 Å². The van der Waals surface area contributed by atoms with E-state index in [0.29, 0.717) is 0 Å². The van der Waals surface area contributed by atoms with Crippen LogP contribution in [0.3, 0.4) is 0 Å². The summed E-state index contributed by atoms with van der Waals surface area (Å²) in [6.45, 7) is 27.2. The maximum Gasteiger partial charge on any atom is 0.137 e. The van der Waals surface area contributed by atoms with E-state index in [1.54, 1.807) is 0 Å². The molecule has 0 atom stereocenters. The Morgan fingerprint density at radius 1 is 0.636 bits per heavy atom. The first-order chi connectivity index (χ1) is 26.0. The largest absolute Gasteiger partial charge is 0.457 e. The highest BCUT2D eigenvalue weighted by molar-refractivity contribution is 6.09. The van der Waals surface area contributed by atoms with Gasteiger partial charge in [0.1, 0.15) is 17.3 Å². The topological polar surface area (TPSA) is 44.9 Å². The van der Waals surface area contributed by atoms with Gasteiger partial charge in [-0.3, -0.25) is 4.57 Å². The first-order valence-electron chi connectivity index (χ1n) is 20.0. The van der Waals surface area contributed by atoms with Crippen molar-refractivity contribution < 1.29 is 4.74 Å². The molecule has 0 aliphatic heterocycles. The van der Waals surface area contributed by atoms with Gasteiger partial charge in [0.25, 0.3) is 0 Å². The fourth-order valence-electron chi connectivity index (χ4n) is 8.04. The molecule has 0 unspecified atom stereocenters. The summed E-state index contributed by atoms with van der Waals surface area (Å²) in [5.41, 5.74) is 12.8. The smallest absolute Gasteiger partial charge is 0.137 e. The molecule has 0 saturated carbocycles. The fraction of sp³-hybridized carbons (Fsp3) is 0.360. The highest BCUT2D eigenvalue weighted by Crippen LogP contribution is 2.44. The summed E-state index contributed by atoms with van der Waals surface area (Å²) < 4.78 is 11.3. The van der Waals surface area contributed by atoms with Gasteiger partial charge in [0.2, 0.25) is 0 Å². The Labute approximate surface area is 328 Å². The lowest BCUT2D eigenvalue weighted by Gasteiger charge is -2.30. The number of benzene rings is 4. The standard InChI is InChI=1S/C50H58N4O/c1-13-14-18-34-25-26-51-45(27-34)53-43-22-16-15-19-39(43)40-24-23-37(31-44(40)53)55-38-29-35(48(4,5)6)28-36(30-38)54-33(3)46(32(2)52-54)47-41(49(7,8)9)20-17-21-42(47)50(10,11)12/h15-17,19-31H,13-14,18H2,1-12H3. The second-order valence-corrected chi connectivity index (χ2v) is 18.4. The second kappa shape index (κ2) is 14.2. The van der Waals surface area contributed by atoms with Crippen LogP contribution in [0, 0.1) is 13.8 Å². The zero-order valence-corrected chi connectivity index (χ0v) is 35.1. The summed E-state index contributed by atoms with van der Waals surface area (Å²) in [6, 6.07) is 32.8. The molecule has 0 bridgehead atoms. The van der Waals surface area contributed by atoms with E-state index in [1.165, 1.54) is 44.2 Å². The minimum Gasteiger partial charge on any atom is -0.457 e. The molecule has 0 fully saturated rings. The van der Waals surface area contributed by atoms with E-state index in [2.05, 4.69) is 183 Å². The number of hydrogen-bond acceptors (Lipinski definition) is 3. The molecule has 4 aromatic carbocycles. The third kappa shape index (κ3) is 7.34. The molecule has 284 valence electrons. The van der Waals surface area contributed by atoms with Gasteiger partial charge in [-0.1, -0.05) is 112 Å². The van der Waals surface area contributed by atoms with E-state index in [9.17, 15) is 0 Å². The lowest BCUT2D eigenvalue weighted by atomic mass is 9.74. The monoisotopic (exact) mass is 730 g/mol. The third-order valence-electron chi connectivity index (χ3n) is 11.0. The number of rotatable bonds is 8. The molecule has 0 radical (unpaired) electrons. The molecule has 3 heterocycles. The van der Waals surface area contributed by atoms with Gasteiger partial charge < -0.3 is 4.74 Å². The minimum atomic E-state index is -0.115. The quantitative estimate of drug-likeness (QED) is 0.156. The number of aryl methyl sites for hydroxylation is 2. The third-order valence-corrected chi connectivity index (χ3v) is 11.0. The summed E-state index contributed by atoms with van der Waals surface area (Å²) in [5, 5.41) is 7.63. The predicted molar refractivity (Wildman–Crippen MR) is 232 cm³/mol. The van der Waals surface area contributed by atoms with E-state index >= 15 is 0 Å². The average Bonchev–Trinajstić information content (AvgIpc) is 3.61. The molecule has 0 saturated heterocycles. The van der Waals surface area contributed by atoms with Crippen molar-refractivity contribution in [1.29, 1.82) is 0 Å². The lowest BCUT2D eigenvalue weighted by molar-refractivity contribution is 0.478. The molecule has 55 heavy (non-hydrogen) atoms. The molecular weight excluding hydrogens is 673 g/mol. The Balaban J connectivity index is 1.36. The lowest BCUT2D eigenvalue weighted by Crippen LogP contribution is -2.19. The van der Waals surface area contributed by atoms with Crippen LogP contribution in [-0.4, -0.2) is 19.3 Å².